The highest BCUT2D eigenvalue weighted by molar-refractivity contribution is 5.90. The number of aromatic nitrogens is 1. The van der Waals surface area contributed by atoms with Crippen molar-refractivity contribution in [3.63, 3.8) is 0 Å². The third-order valence-electron chi connectivity index (χ3n) is 3.88. The molecule has 0 unspecified atom stereocenters. The first-order valence-corrected chi connectivity index (χ1v) is 6.94. The maximum absolute atomic E-state index is 12.1. The van der Waals surface area contributed by atoms with Crippen LogP contribution in [0.1, 0.15) is 44.2 Å². The molecule has 2 rings (SSSR count). The van der Waals surface area contributed by atoms with Crippen LogP contribution in [-0.4, -0.2) is 22.0 Å². The summed E-state index contributed by atoms with van der Waals surface area (Å²) < 4.78 is 0. The number of carboxylic acids is 1. The van der Waals surface area contributed by atoms with E-state index in [9.17, 15) is 9.59 Å². The van der Waals surface area contributed by atoms with Crippen molar-refractivity contribution in [2.75, 3.05) is 5.32 Å². The molecule has 0 saturated heterocycles. The van der Waals surface area contributed by atoms with E-state index < -0.39 is 5.97 Å². The normalized spacial score (nSPS) is 16.9. The fourth-order valence-corrected chi connectivity index (χ4v) is 3.00. The number of nitrogens with zero attached hydrogens (tertiary/aromatic N) is 1. The van der Waals surface area contributed by atoms with Crippen molar-refractivity contribution < 1.29 is 14.7 Å². The number of carbonyl (C=O) groups is 2. The van der Waals surface area contributed by atoms with Crippen LogP contribution >= 0.6 is 0 Å². The summed E-state index contributed by atoms with van der Waals surface area (Å²) in [5.41, 5.74) is 0.462. The predicted octanol–water partition coefficient (Wildman–Crippen LogP) is 2.75. The molecule has 5 nitrogen and oxygen atoms in total. The zero-order chi connectivity index (χ0) is 14.6. The lowest BCUT2D eigenvalue weighted by Gasteiger charge is -2.26. The number of hydrogen-bond acceptors (Lipinski definition) is 3. The highest BCUT2D eigenvalue weighted by atomic mass is 16.4. The van der Waals surface area contributed by atoms with Gasteiger partial charge in [-0.1, -0.05) is 18.9 Å². The van der Waals surface area contributed by atoms with Gasteiger partial charge in [0.15, 0.2) is 0 Å². The molecular weight excluding hydrogens is 256 g/mol. The molecule has 2 N–H and O–H groups in total. The minimum Gasteiger partial charge on any atom is -0.481 e. The number of carbonyl (C=O) groups excluding carboxylic acids is 1. The average molecular weight is 276 g/mol. The number of anilines is 1. The van der Waals surface area contributed by atoms with E-state index in [0.29, 0.717) is 5.82 Å². The van der Waals surface area contributed by atoms with Gasteiger partial charge in [0.1, 0.15) is 5.82 Å². The molecular formula is C15H20N2O3. The highest BCUT2D eigenvalue weighted by Gasteiger charge is 2.38. The van der Waals surface area contributed by atoms with Crippen molar-refractivity contribution in [3.8, 4) is 0 Å². The molecule has 0 atom stereocenters. The third kappa shape index (κ3) is 3.79. The summed E-state index contributed by atoms with van der Waals surface area (Å²) in [7, 11) is 0. The Hall–Kier alpha value is -1.91. The minimum absolute atomic E-state index is 0.0711. The Bertz CT molecular complexity index is 508. The molecule has 108 valence electrons. The standard InChI is InChI=1S/C15H20N2O3/c1-11-5-4-6-12(16-11)17-13(18)9-15(10-14(19)20)7-2-3-8-15/h4-6H,2-3,7-10H2,1H3,(H,19,20)(H,16,17,18). The van der Waals surface area contributed by atoms with Gasteiger partial charge in [-0.05, 0) is 37.3 Å². The molecule has 0 bridgehead atoms. The first-order chi connectivity index (χ1) is 9.49. The SMILES string of the molecule is Cc1cccc(NC(=O)CC2(CC(=O)O)CCCC2)n1. The van der Waals surface area contributed by atoms with Gasteiger partial charge in [0.25, 0.3) is 0 Å². The van der Waals surface area contributed by atoms with Crippen molar-refractivity contribution in [2.24, 2.45) is 5.41 Å². The van der Waals surface area contributed by atoms with Crippen molar-refractivity contribution in [1.29, 1.82) is 0 Å². The number of pyridine rings is 1. The third-order valence-corrected chi connectivity index (χ3v) is 3.88. The average Bonchev–Trinajstić information content (AvgIpc) is 2.75. The van der Waals surface area contributed by atoms with E-state index in [1.807, 2.05) is 19.1 Å². The first kappa shape index (κ1) is 14.5. The molecule has 1 saturated carbocycles. The van der Waals surface area contributed by atoms with Gasteiger partial charge < -0.3 is 10.4 Å². The maximum atomic E-state index is 12.1. The number of nitrogens with one attached hydrogen (secondary N) is 1. The van der Waals surface area contributed by atoms with Gasteiger partial charge >= 0.3 is 5.97 Å². The number of hydrogen-bond donors (Lipinski definition) is 2. The van der Waals surface area contributed by atoms with E-state index in [4.69, 9.17) is 5.11 Å². The second-order valence-electron chi connectivity index (χ2n) is 5.67. The molecule has 0 radical (unpaired) electrons. The smallest absolute Gasteiger partial charge is 0.303 e. The summed E-state index contributed by atoms with van der Waals surface area (Å²) >= 11 is 0. The largest absolute Gasteiger partial charge is 0.481 e. The van der Waals surface area contributed by atoms with E-state index in [-0.39, 0.29) is 24.2 Å². The van der Waals surface area contributed by atoms with E-state index in [0.717, 1.165) is 31.4 Å². The second-order valence-corrected chi connectivity index (χ2v) is 5.67. The number of aliphatic carboxylic acids is 1. The molecule has 5 heteroatoms. The fourth-order valence-electron chi connectivity index (χ4n) is 3.00. The predicted molar refractivity (Wildman–Crippen MR) is 75.4 cm³/mol. The summed E-state index contributed by atoms with van der Waals surface area (Å²) in [6.07, 6.45) is 3.96. The lowest BCUT2D eigenvalue weighted by atomic mass is 9.79. The molecule has 0 spiro atoms. The van der Waals surface area contributed by atoms with Crippen LogP contribution in [-0.2, 0) is 9.59 Å². The Kier molecular flexibility index (Phi) is 4.37. The van der Waals surface area contributed by atoms with Crippen molar-refractivity contribution in [1.82, 2.24) is 4.98 Å². The Labute approximate surface area is 118 Å². The molecule has 1 heterocycles. The van der Waals surface area contributed by atoms with Gasteiger partial charge in [-0.3, -0.25) is 9.59 Å². The van der Waals surface area contributed by atoms with Crippen molar-refractivity contribution >= 4 is 17.7 Å². The van der Waals surface area contributed by atoms with E-state index in [1.165, 1.54) is 0 Å². The summed E-state index contributed by atoms with van der Waals surface area (Å²) in [4.78, 5) is 27.3. The van der Waals surface area contributed by atoms with Crippen LogP contribution < -0.4 is 5.32 Å². The van der Waals surface area contributed by atoms with Gasteiger partial charge in [-0.15, -0.1) is 0 Å². The summed E-state index contributed by atoms with van der Waals surface area (Å²) in [5, 5.41) is 11.8. The number of rotatable bonds is 5. The summed E-state index contributed by atoms with van der Waals surface area (Å²) in [6, 6.07) is 5.43. The molecule has 0 aromatic carbocycles. The number of aryl methyl sites for hydroxylation is 1. The maximum Gasteiger partial charge on any atom is 0.303 e. The number of carboxylic acid groups (broad SMARTS) is 1. The van der Waals surface area contributed by atoms with Crippen molar-refractivity contribution in [3.05, 3.63) is 23.9 Å². The van der Waals surface area contributed by atoms with Gasteiger partial charge in [-0.2, -0.15) is 0 Å². The van der Waals surface area contributed by atoms with Gasteiger partial charge in [-0.25, -0.2) is 4.98 Å². The lowest BCUT2D eigenvalue weighted by molar-refractivity contribution is -0.140. The Morgan fingerprint density at radius 2 is 2.00 bits per heavy atom. The van der Waals surface area contributed by atoms with Crippen LogP contribution in [0.25, 0.3) is 0 Å². The van der Waals surface area contributed by atoms with Crippen LogP contribution in [0, 0.1) is 12.3 Å². The molecule has 1 fully saturated rings. The molecule has 1 aliphatic rings. The quantitative estimate of drug-likeness (QED) is 0.866. The van der Waals surface area contributed by atoms with Crippen LogP contribution in [0.4, 0.5) is 5.82 Å². The summed E-state index contributed by atoms with van der Waals surface area (Å²) in [5.74, 6) is -0.446. The molecule has 1 aromatic rings. The second kappa shape index (κ2) is 6.03. The molecule has 1 amide bonds. The lowest BCUT2D eigenvalue weighted by Crippen LogP contribution is -2.28. The molecule has 1 aliphatic carbocycles. The van der Waals surface area contributed by atoms with E-state index in [1.54, 1.807) is 6.07 Å². The van der Waals surface area contributed by atoms with Gasteiger partial charge in [0.2, 0.25) is 5.91 Å². The topological polar surface area (TPSA) is 79.3 Å². The van der Waals surface area contributed by atoms with Crippen LogP contribution in [0.5, 0.6) is 0 Å². The summed E-state index contributed by atoms with van der Waals surface area (Å²) in [6.45, 7) is 1.86. The Morgan fingerprint density at radius 3 is 2.60 bits per heavy atom. The zero-order valence-corrected chi connectivity index (χ0v) is 11.7. The van der Waals surface area contributed by atoms with Crippen LogP contribution in [0.15, 0.2) is 18.2 Å². The number of amides is 1. The fraction of sp³-hybridized carbons (Fsp3) is 0.533. The van der Waals surface area contributed by atoms with Crippen molar-refractivity contribution in [2.45, 2.75) is 45.4 Å². The first-order valence-electron chi connectivity index (χ1n) is 6.94. The Morgan fingerprint density at radius 1 is 1.30 bits per heavy atom. The molecule has 1 aromatic heterocycles. The van der Waals surface area contributed by atoms with Crippen LogP contribution in [0.2, 0.25) is 0 Å². The van der Waals surface area contributed by atoms with Crippen LogP contribution in [0.3, 0.4) is 0 Å². The van der Waals surface area contributed by atoms with Gasteiger partial charge in [0, 0.05) is 12.1 Å². The minimum atomic E-state index is -0.826. The van der Waals surface area contributed by atoms with E-state index >= 15 is 0 Å². The monoisotopic (exact) mass is 276 g/mol. The Balaban J connectivity index is 2.00. The highest BCUT2D eigenvalue weighted by Crippen LogP contribution is 2.44. The van der Waals surface area contributed by atoms with Gasteiger partial charge in [0.05, 0.1) is 6.42 Å². The van der Waals surface area contributed by atoms with E-state index in [2.05, 4.69) is 10.3 Å². The molecule has 20 heavy (non-hydrogen) atoms. The zero-order valence-electron chi connectivity index (χ0n) is 11.7. The molecule has 0 aliphatic heterocycles.